The molecule has 3 heterocycles. The van der Waals surface area contributed by atoms with Crippen molar-refractivity contribution in [2.45, 2.75) is 18.9 Å². The first-order valence-corrected chi connectivity index (χ1v) is 8.85. The van der Waals surface area contributed by atoms with Crippen LogP contribution in [0.5, 0.6) is 0 Å². The predicted molar refractivity (Wildman–Crippen MR) is 99.1 cm³/mol. The molecule has 0 unspecified atom stereocenters. The third-order valence-electron chi connectivity index (χ3n) is 4.92. The average molecular weight is 361 g/mol. The van der Waals surface area contributed by atoms with Crippen molar-refractivity contribution in [1.29, 1.82) is 5.26 Å². The second-order valence-electron chi connectivity index (χ2n) is 6.61. The van der Waals surface area contributed by atoms with Crippen molar-refractivity contribution in [1.82, 2.24) is 19.5 Å². The summed E-state index contributed by atoms with van der Waals surface area (Å²) in [5.74, 6) is 0.0243. The van der Waals surface area contributed by atoms with E-state index in [4.69, 9.17) is 10.00 Å². The fourth-order valence-corrected chi connectivity index (χ4v) is 3.57. The van der Waals surface area contributed by atoms with Gasteiger partial charge in [0.1, 0.15) is 11.6 Å². The summed E-state index contributed by atoms with van der Waals surface area (Å²) in [5, 5.41) is 13.2. The molecule has 0 radical (unpaired) electrons. The van der Waals surface area contributed by atoms with Gasteiger partial charge in [0, 0.05) is 37.2 Å². The molecular weight excluding hydrogens is 342 g/mol. The maximum absolute atomic E-state index is 13.0. The summed E-state index contributed by atoms with van der Waals surface area (Å²) in [6.45, 7) is 1.32. The first-order valence-electron chi connectivity index (χ1n) is 8.85. The Kier molecular flexibility index (Phi) is 4.57. The lowest BCUT2D eigenvalue weighted by atomic mass is 10.0. The third-order valence-corrected chi connectivity index (χ3v) is 4.92. The van der Waals surface area contributed by atoms with Crippen LogP contribution in [0, 0.1) is 11.3 Å². The Morgan fingerprint density at radius 3 is 3.07 bits per heavy atom. The number of nitriles is 1. The van der Waals surface area contributed by atoms with Gasteiger partial charge in [-0.15, -0.1) is 0 Å². The SMILES string of the molecule is COC[C@@H]1CCCN1C(=O)c1cccc(-c2cnc3c(C#N)cnn3c2)c1. The van der Waals surface area contributed by atoms with Gasteiger partial charge in [-0.3, -0.25) is 4.79 Å². The number of fused-ring (bicyclic) bond motifs is 1. The average Bonchev–Trinajstić information content (AvgIpc) is 3.34. The Labute approximate surface area is 156 Å². The molecule has 1 atom stereocenters. The molecular formula is C20H19N5O2. The fourth-order valence-electron chi connectivity index (χ4n) is 3.57. The number of rotatable bonds is 4. The topological polar surface area (TPSA) is 83.5 Å². The van der Waals surface area contributed by atoms with Gasteiger partial charge in [-0.05, 0) is 30.5 Å². The largest absolute Gasteiger partial charge is 0.383 e. The fraction of sp³-hybridized carbons (Fsp3) is 0.300. The van der Waals surface area contributed by atoms with Crippen molar-refractivity contribution in [3.8, 4) is 17.2 Å². The van der Waals surface area contributed by atoms with E-state index in [0.29, 0.717) is 23.4 Å². The van der Waals surface area contributed by atoms with Crippen molar-refractivity contribution in [3.63, 3.8) is 0 Å². The molecule has 0 bridgehead atoms. The third kappa shape index (κ3) is 3.15. The van der Waals surface area contributed by atoms with E-state index in [2.05, 4.69) is 16.2 Å². The Morgan fingerprint density at radius 2 is 2.26 bits per heavy atom. The number of carbonyl (C=O) groups is 1. The van der Waals surface area contributed by atoms with Crippen LogP contribution in [0.2, 0.25) is 0 Å². The molecule has 1 aliphatic rings. The summed E-state index contributed by atoms with van der Waals surface area (Å²) in [4.78, 5) is 19.2. The number of hydrogen-bond acceptors (Lipinski definition) is 5. The molecule has 3 aromatic rings. The molecule has 1 aliphatic heterocycles. The lowest BCUT2D eigenvalue weighted by molar-refractivity contribution is 0.0630. The number of nitrogens with zero attached hydrogens (tertiary/aromatic N) is 5. The van der Waals surface area contributed by atoms with Gasteiger partial charge in [-0.25, -0.2) is 9.50 Å². The number of aromatic nitrogens is 3. The minimum absolute atomic E-state index is 0.0243. The molecule has 1 saturated heterocycles. The van der Waals surface area contributed by atoms with E-state index in [0.717, 1.165) is 30.5 Å². The summed E-state index contributed by atoms with van der Waals surface area (Å²) >= 11 is 0. The molecule has 0 N–H and O–H groups in total. The first-order chi connectivity index (χ1) is 13.2. The van der Waals surface area contributed by atoms with E-state index in [1.807, 2.05) is 35.4 Å². The maximum Gasteiger partial charge on any atom is 0.254 e. The number of amides is 1. The molecule has 2 aromatic heterocycles. The Balaban J connectivity index is 1.64. The van der Waals surface area contributed by atoms with Crippen LogP contribution in [0.1, 0.15) is 28.8 Å². The smallest absolute Gasteiger partial charge is 0.254 e. The highest BCUT2D eigenvalue weighted by Gasteiger charge is 2.29. The minimum atomic E-state index is 0.0243. The van der Waals surface area contributed by atoms with Crippen LogP contribution in [0.3, 0.4) is 0 Å². The number of benzene rings is 1. The Hall–Kier alpha value is -3.24. The van der Waals surface area contributed by atoms with Crippen LogP contribution in [0.25, 0.3) is 16.8 Å². The second-order valence-corrected chi connectivity index (χ2v) is 6.61. The summed E-state index contributed by atoms with van der Waals surface area (Å²) in [6, 6.07) is 9.73. The van der Waals surface area contributed by atoms with Crippen LogP contribution in [-0.2, 0) is 4.74 Å². The van der Waals surface area contributed by atoms with E-state index in [-0.39, 0.29) is 11.9 Å². The Morgan fingerprint density at radius 1 is 1.37 bits per heavy atom. The minimum Gasteiger partial charge on any atom is -0.383 e. The van der Waals surface area contributed by atoms with Crippen molar-refractivity contribution >= 4 is 11.6 Å². The molecule has 0 aliphatic carbocycles. The van der Waals surface area contributed by atoms with Gasteiger partial charge in [0.2, 0.25) is 0 Å². The van der Waals surface area contributed by atoms with E-state index >= 15 is 0 Å². The van der Waals surface area contributed by atoms with Gasteiger partial charge < -0.3 is 9.64 Å². The summed E-state index contributed by atoms with van der Waals surface area (Å²) in [5.41, 5.74) is 3.32. The number of hydrogen-bond donors (Lipinski definition) is 0. The van der Waals surface area contributed by atoms with Gasteiger partial charge >= 0.3 is 0 Å². The Bertz CT molecular complexity index is 1040. The predicted octanol–water partition coefficient (Wildman–Crippen LogP) is 2.52. The molecule has 1 amide bonds. The maximum atomic E-state index is 13.0. The zero-order chi connectivity index (χ0) is 18.8. The lowest BCUT2D eigenvalue weighted by Gasteiger charge is -2.24. The van der Waals surface area contributed by atoms with Crippen LogP contribution in [0.4, 0.5) is 0 Å². The van der Waals surface area contributed by atoms with Crippen molar-refractivity contribution in [2.24, 2.45) is 0 Å². The first kappa shape index (κ1) is 17.2. The molecule has 4 rings (SSSR count). The number of methoxy groups -OCH3 is 1. The van der Waals surface area contributed by atoms with Gasteiger partial charge in [-0.1, -0.05) is 12.1 Å². The van der Waals surface area contributed by atoms with Crippen molar-refractivity contribution < 1.29 is 9.53 Å². The molecule has 136 valence electrons. The van der Waals surface area contributed by atoms with E-state index in [9.17, 15) is 4.79 Å². The van der Waals surface area contributed by atoms with Gasteiger partial charge in [0.15, 0.2) is 5.65 Å². The lowest BCUT2D eigenvalue weighted by Crippen LogP contribution is -2.38. The highest BCUT2D eigenvalue weighted by Crippen LogP contribution is 2.24. The van der Waals surface area contributed by atoms with Crippen LogP contribution < -0.4 is 0 Å². The quantitative estimate of drug-likeness (QED) is 0.713. The molecule has 0 saturated carbocycles. The number of carbonyl (C=O) groups excluding carboxylic acids is 1. The van der Waals surface area contributed by atoms with Crippen LogP contribution >= 0.6 is 0 Å². The number of ether oxygens (including phenoxy) is 1. The zero-order valence-electron chi connectivity index (χ0n) is 15.0. The highest BCUT2D eigenvalue weighted by atomic mass is 16.5. The number of likely N-dealkylation sites (tertiary alicyclic amines) is 1. The van der Waals surface area contributed by atoms with Crippen LogP contribution in [0.15, 0.2) is 42.9 Å². The highest BCUT2D eigenvalue weighted by molar-refractivity contribution is 5.95. The van der Waals surface area contributed by atoms with E-state index in [1.54, 1.807) is 17.8 Å². The molecule has 1 fully saturated rings. The standard InChI is InChI=1S/C20H19N5O2/c1-27-13-18-6-3-7-24(18)20(26)15-5-2-4-14(8-15)17-10-22-19-16(9-21)11-23-25(19)12-17/h2,4-5,8,10-12,18H,3,6-7,13H2,1H3/t18-/m0/s1. The van der Waals surface area contributed by atoms with Crippen molar-refractivity contribution in [2.75, 3.05) is 20.3 Å². The monoisotopic (exact) mass is 361 g/mol. The molecule has 7 nitrogen and oxygen atoms in total. The molecule has 0 spiro atoms. The van der Waals surface area contributed by atoms with E-state index in [1.165, 1.54) is 6.20 Å². The van der Waals surface area contributed by atoms with E-state index < -0.39 is 0 Å². The van der Waals surface area contributed by atoms with Gasteiger partial charge in [0.05, 0.1) is 18.8 Å². The van der Waals surface area contributed by atoms with Gasteiger partial charge in [-0.2, -0.15) is 10.4 Å². The van der Waals surface area contributed by atoms with Gasteiger partial charge in [0.25, 0.3) is 5.91 Å². The molecule has 27 heavy (non-hydrogen) atoms. The second kappa shape index (κ2) is 7.17. The summed E-state index contributed by atoms with van der Waals surface area (Å²) < 4.78 is 6.83. The van der Waals surface area contributed by atoms with Crippen molar-refractivity contribution in [3.05, 3.63) is 54.0 Å². The molecule has 7 heteroatoms. The summed E-state index contributed by atoms with van der Waals surface area (Å²) in [7, 11) is 1.66. The normalized spacial score (nSPS) is 16.6. The molecule has 1 aromatic carbocycles. The summed E-state index contributed by atoms with van der Waals surface area (Å²) in [6.07, 6.45) is 6.98. The van der Waals surface area contributed by atoms with Crippen LogP contribution in [-0.4, -0.2) is 51.7 Å². The zero-order valence-corrected chi connectivity index (χ0v) is 15.0.